The molecule has 0 aromatic heterocycles. The van der Waals surface area contributed by atoms with Crippen LogP contribution >= 0.6 is 11.6 Å². The number of benzene rings is 1. The van der Waals surface area contributed by atoms with Crippen LogP contribution in [0.15, 0.2) is 18.2 Å². The first-order chi connectivity index (χ1) is 9.35. The minimum absolute atomic E-state index is 0.0251. The predicted molar refractivity (Wildman–Crippen MR) is 81.7 cm³/mol. The molecule has 1 saturated carbocycles. The summed E-state index contributed by atoms with van der Waals surface area (Å²) in [7, 11) is 0. The highest BCUT2D eigenvalue weighted by atomic mass is 35.5. The van der Waals surface area contributed by atoms with Crippen LogP contribution in [0.4, 0.5) is 0 Å². The van der Waals surface area contributed by atoms with E-state index in [1.54, 1.807) is 0 Å². The van der Waals surface area contributed by atoms with Crippen LogP contribution in [0.1, 0.15) is 45.1 Å². The van der Waals surface area contributed by atoms with Crippen molar-refractivity contribution >= 4 is 11.6 Å². The molecular formula is C17H23ClO2. The molecule has 110 valence electrons. The van der Waals surface area contributed by atoms with E-state index in [2.05, 4.69) is 39.8 Å². The minimum Gasteiger partial charge on any atom is -0.490 e. The zero-order chi connectivity index (χ0) is 14.5. The molecule has 0 bridgehead atoms. The van der Waals surface area contributed by atoms with Crippen LogP contribution in [0.3, 0.4) is 0 Å². The lowest BCUT2D eigenvalue weighted by atomic mass is 10.0. The first-order valence-corrected chi connectivity index (χ1v) is 7.83. The van der Waals surface area contributed by atoms with Gasteiger partial charge in [0, 0.05) is 6.42 Å². The lowest BCUT2D eigenvalue weighted by Crippen LogP contribution is -2.01. The second-order valence-electron chi connectivity index (χ2n) is 7.08. The highest BCUT2D eigenvalue weighted by molar-refractivity contribution is 6.21. The highest BCUT2D eigenvalue weighted by Crippen LogP contribution is 2.73. The third-order valence-corrected chi connectivity index (χ3v) is 6.02. The van der Waals surface area contributed by atoms with Crippen molar-refractivity contribution in [2.75, 3.05) is 13.2 Å². The first-order valence-electron chi connectivity index (χ1n) is 7.39. The molecule has 0 saturated heterocycles. The van der Waals surface area contributed by atoms with Crippen LogP contribution in [0.5, 0.6) is 11.5 Å². The van der Waals surface area contributed by atoms with E-state index in [0.717, 1.165) is 30.1 Å². The van der Waals surface area contributed by atoms with Crippen LogP contribution in [0.2, 0.25) is 0 Å². The number of halogens is 1. The topological polar surface area (TPSA) is 18.5 Å². The summed E-state index contributed by atoms with van der Waals surface area (Å²) in [4.78, 5) is 0. The van der Waals surface area contributed by atoms with Gasteiger partial charge in [-0.3, -0.25) is 0 Å². The molecule has 2 nitrogen and oxygen atoms in total. The SMILES string of the molecule is CC1(C)C(C(Cl)c2ccc3c(c2)OCCCO3)C1(C)C. The van der Waals surface area contributed by atoms with Crippen LogP contribution in [0.25, 0.3) is 0 Å². The maximum absolute atomic E-state index is 6.76. The molecule has 2 aliphatic rings. The Hall–Kier alpha value is -0.890. The molecule has 1 aromatic rings. The molecule has 3 rings (SSSR count). The molecule has 20 heavy (non-hydrogen) atoms. The van der Waals surface area contributed by atoms with E-state index in [1.165, 1.54) is 0 Å². The molecular weight excluding hydrogens is 272 g/mol. The Morgan fingerprint density at radius 1 is 1.05 bits per heavy atom. The second kappa shape index (κ2) is 4.56. The number of rotatable bonds is 2. The maximum Gasteiger partial charge on any atom is 0.161 e. The van der Waals surface area contributed by atoms with E-state index in [9.17, 15) is 0 Å². The van der Waals surface area contributed by atoms with Crippen LogP contribution < -0.4 is 9.47 Å². The average molecular weight is 295 g/mol. The van der Waals surface area contributed by atoms with Gasteiger partial charge in [0.25, 0.3) is 0 Å². The van der Waals surface area contributed by atoms with Crippen molar-refractivity contribution in [1.29, 1.82) is 0 Å². The fourth-order valence-electron chi connectivity index (χ4n) is 3.52. The van der Waals surface area contributed by atoms with Crippen LogP contribution in [-0.4, -0.2) is 13.2 Å². The molecule has 1 aliphatic heterocycles. The molecule has 1 fully saturated rings. The Kier molecular flexibility index (Phi) is 3.20. The smallest absolute Gasteiger partial charge is 0.161 e. The number of alkyl halides is 1. The summed E-state index contributed by atoms with van der Waals surface area (Å²) in [5.74, 6) is 2.16. The zero-order valence-electron chi connectivity index (χ0n) is 12.7. The Labute approximate surface area is 126 Å². The summed E-state index contributed by atoms with van der Waals surface area (Å²) in [6, 6.07) is 6.13. The molecule has 1 atom stereocenters. The van der Waals surface area contributed by atoms with Crippen molar-refractivity contribution in [3.8, 4) is 11.5 Å². The zero-order valence-corrected chi connectivity index (χ0v) is 13.5. The van der Waals surface area contributed by atoms with Gasteiger partial charge in [0.1, 0.15) is 0 Å². The molecule has 1 unspecified atom stereocenters. The van der Waals surface area contributed by atoms with Gasteiger partial charge >= 0.3 is 0 Å². The van der Waals surface area contributed by atoms with E-state index in [1.807, 2.05) is 6.07 Å². The molecule has 0 N–H and O–H groups in total. The van der Waals surface area contributed by atoms with E-state index < -0.39 is 0 Å². The van der Waals surface area contributed by atoms with Crippen molar-refractivity contribution in [3.63, 3.8) is 0 Å². The fourth-order valence-corrected chi connectivity index (χ4v) is 4.29. The number of hydrogen-bond acceptors (Lipinski definition) is 2. The van der Waals surface area contributed by atoms with Gasteiger partial charge in [-0.25, -0.2) is 0 Å². The second-order valence-corrected chi connectivity index (χ2v) is 7.55. The van der Waals surface area contributed by atoms with Gasteiger partial charge in [-0.1, -0.05) is 33.8 Å². The van der Waals surface area contributed by atoms with Crippen LogP contribution in [-0.2, 0) is 0 Å². The van der Waals surface area contributed by atoms with Crippen molar-refractivity contribution in [2.45, 2.75) is 39.5 Å². The van der Waals surface area contributed by atoms with E-state index in [0.29, 0.717) is 12.5 Å². The van der Waals surface area contributed by atoms with Gasteiger partial charge in [-0.15, -0.1) is 11.6 Å². The van der Waals surface area contributed by atoms with Gasteiger partial charge in [0.2, 0.25) is 0 Å². The largest absolute Gasteiger partial charge is 0.490 e. The summed E-state index contributed by atoms with van der Waals surface area (Å²) in [6.45, 7) is 10.6. The third kappa shape index (κ3) is 2.00. The van der Waals surface area contributed by atoms with Gasteiger partial charge in [-0.2, -0.15) is 0 Å². The summed E-state index contributed by atoms with van der Waals surface area (Å²) in [5, 5.41) is 0.0251. The average Bonchev–Trinajstić information content (AvgIpc) is 2.91. The van der Waals surface area contributed by atoms with Crippen molar-refractivity contribution in [2.24, 2.45) is 16.7 Å². The third-order valence-electron chi connectivity index (χ3n) is 5.52. The lowest BCUT2D eigenvalue weighted by molar-refractivity contribution is 0.297. The van der Waals surface area contributed by atoms with Crippen molar-refractivity contribution in [3.05, 3.63) is 23.8 Å². The van der Waals surface area contributed by atoms with Crippen LogP contribution in [0, 0.1) is 16.7 Å². The lowest BCUT2D eigenvalue weighted by Gasteiger charge is -2.15. The van der Waals surface area contributed by atoms with Gasteiger partial charge in [-0.05, 0) is 34.4 Å². The maximum atomic E-state index is 6.76. The van der Waals surface area contributed by atoms with Gasteiger partial charge in [0.05, 0.1) is 18.6 Å². The number of ether oxygens (including phenoxy) is 2. The number of fused-ring (bicyclic) bond motifs is 1. The Morgan fingerprint density at radius 3 is 2.25 bits per heavy atom. The molecule has 1 aliphatic carbocycles. The molecule has 1 heterocycles. The summed E-state index contributed by atoms with van der Waals surface area (Å²) in [5.41, 5.74) is 1.70. The van der Waals surface area contributed by atoms with Gasteiger partial charge < -0.3 is 9.47 Å². The normalized spacial score (nSPS) is 24.9. The van der Waals surface area contributed by atoms with E-state index >= 15 is 0 Å². The number of hydrogen-bond donors (Lipinski definition) is 0. The monoisotopic (exact) mass is 294 g/mol. The highest BCUT2D eigenvalue weighted by Gasteiger charge is 2.67. The quantitative estimate of drug-likeness (QED) is 0.729. The summed E-state index contributed by atoms with van der Waals surface area (Å²) in [6.07, 6.45) is 0.928. The van der Waals surface area contributed by atoms with Crippen molar-refractivity contribution < 1.29 is 9.47 Å². The van der Waals surface area contributed by atoms with Crippen molar-refractivity contribution in [1.82, 2.24) is 0 Å². The summed E-state index contributed by atoms with van der Waals surface area (Å²) < 4.78 is 11.4. The minimum atomic E-state index is 0.0251. The standard InChI is InChI=1S/C17H23ClO2/c1-16(2)15(17(16,3)4)14(18)11-6-7-12-13(10-11)20-9-5-8-19-12/h6-7,10,14-15H,5,8-9H2,1-4H3. The Balaban J connectivity index is 1.87. The molecule has 0 radical (unpaired) electrons. The fraction of sp³-hybridized carbons (Fsp3) is 0.647. The molecule has 0 amide bonds. The van der Waals surface area contributed by atoms with Gasteiger partial charge in [0.15, 0.2) is 11.5 Å². The Morgan fingerprint density at radius 2 is 1.65 bits per heavy atom. The first kappa shape index (κ1) is 14.1. The molecule has 1 aromatic carbocycles. The van der Waals surface area contributed by atoms with E-state index in [-0.39, 0.29) is 16.2 Å². The predicted octanol–water partition coefficient (Wildman–Crippen LogP) is 4.81. The van der Waals surface area contributed by atoms with E-state index in [4.69, 9.17) is 21.1 Å². The molecule has 0 spiro atoms. The Bertz CT molecular complexity index is 508. The summed E-state index contributed by atoms with van der Waals surface area (Å²) >= 11 is 6.76. The molecule has 3 heteroatoms.